The molecule has 0 amide bonds. The van der Waals surface area contributed by atoms with E-state index in [1.807, 2.05) is 0 Å². The van der Waals surface area contributed by atoms with Crippen molar-refractivity contribution in [2.45, 2.75) is 20.3 Å². The fourth-order valence-corrected chi connectivity index (χ4v) is 0.479. The summed E-state index contributed by atoms with van der Waals surface area (Å²) in [7, 11) is 0. The molecule has 0 spiro atoms. The van der Waals surface area contributed by atoms with Crippen molar-refractivity contribution in [1.29, 1.82) is 0 Å². The molecule has 0 atom stereocenters. The van der Waals surface area contributed by atoms with Crippen molar-refractivity contribution < 1.29 is 5.21 Å². The van der Waals surface area contributed by atoms with Gasteiger partial charge in [-0.25, -0.2) is 5.48 Å². The first kappa shape index (κ1) is 9.23. The molecule has 0 aliphatic carbocycles. The lowest BCUT2D eigenvalue weighted by molar-refractivity contribution is 0.232. The lowest BCUT2D eigenvalue weighted by Crippen LogP contribution is -2.28. The molecule has 4 N–H and O–H groups in total. The molecular formula is C6H15N3O. The van der Waals surface area contributed by atoms with E-state index < -0.39 is 0 Å². The van der Waals surface area contributed by atoms with Gasteiger partial charge in [0.1, 0.15) is 0 Å². The lowest BCUT2D eigenvalue weighted by Gasteiger charge is -2.00. The maximum Gasteiger partial charge on any atom is 0.212 e. The first-order chi connectivity index (χ1) is 4.66. The van der Waals surface area contributed by atoms with Crippen LogP contribution in [0.4, 0.5) is 0 Å². The van der Waals surface area contributed by atoms with Crippen molar-refractivity contribution in [2.75, 3.05) is 6.54 Å². The van der Waals surface area contributed by atoms with Gasteiger partial charge in [0.2, 0.25) is 5.96 Å². The van der Waals surface area contributed by atoms with Crippen molar-refractivity contribution >= 4 is 5.96 Å². The van der Waals surface area contributed by atoms with Crippen molar-refractivity contribution in [3.63, 3.8) is 0 Å². The topological polar surface area (TPSA) is 70.6 Å². The Morgan fingerprint density at radius 3 is 2.70 bits per heavy atom. The van der Waals surface area contributed by atoms with Gasteiger partial charge >= 0.3 is 0 Å². The number of rotatable bonds is 3. The fourth-order valence-electron chi connectivity index (χ4n) is 0.479. The Morgan fingerprint density at radius 2 is 2.30 bits per heavy atom. The number of nitrogens with one attached hydrogen (secondary N) is 1. The van der Waals surface area contributed by atoms with Crippen molar-refractivity contribution in [3.8, 4) is 0 Å². The smallest absolute Gasteiger partial charge is 0.212 e. The molecule has 0 aliphatic rings. The predicted molar refractivity (Wildman–Crippen MR) is 40.9 cm³/mol. The Balaban J connectivity index is 3.34. The minimum atomic E-state index is 0.0839. The van der Waals surface area contributed by atoms with Crippen LogP contribution in [0.25, 0.3) is 0 Å². The molecule has 0 radical (unpaired) electrons. The molecule has 0 aliphatic heterocycles. The summed E-state index contributed by atoms with van der Waals surface area (Å²) in [5.74, 6) is 0.705. The second-order valence-corrected chi connectivity index (χ2v) is 2.56. The number of aliphatic imine (C=N–C) groups is 1. The van der Waals surface area contributed by atoms with E-state index in [9.17, 15) is 0 Å². The van der Waals surface area contributed by atoms with Crippen LogP contribution in [0.1, 0.15) is 20.3 Å². The highest BCUT2D eigenvalue weighted by Gasteiger charge is 1.91. The molecule has 0 bridgehead atoms. The van der Waals surface area contributed by atoms with Crippen molar-refractivity contribution in [2.24, 2.45) is 16.6 Å². The van der Waals surface area contributed by atoms with E-state index in [0.29, 0.717) is 12.5 Å². The number of hydroxylamine groups is 1. The first-order valence-electron chi connectivity index (χ1n) is 3.37. The minimum absolute atomic E-state index is 0.0839. The van der Waals surface area contributed by atoms with E-state index in [2.05, 4.69) is 18.8 Å². The second-order valence-electron chi connectivity index (χ2n) is 2.56. The molecule has 0 saturated carbocycles. The van der Waals surface area contributed by atoms with Crippen LogP contribution in [0.5, 0.6) is 0 Å². The minimum Gasteiger partial charge on any atom is -0.368 e. The molecule has 0 fully saturated rings. The van der Waals surface area contributed by atoms with E-state index in [0.717, 1.165) is 6.42 Å². The van der Waals surface area contributed by atoms with E-state index >= 15 is 0 Å². The molecule has 4 nitrogen and oxygen atoms in total. The molecule has 0 saturated heterocycles. The summed E-state index contributed by atoms with van der Waals surface area (Å²) in [6.07, 6.45) is 0.988. The third-order valence-corrected chi connectivity index (χ3v) is 1.10. The van der Waals surface area contributed by atoms with Gasteiger partial charge in [0.15, 0.2) is 0 Å². The summed E-state index contributed by atoms with van der Waals surface area (Å²) in [4.78, 5) is 3.82. The van der Waals surface area contributed by atoms with Crippen molar-refractivity contribution in [1.82, 2.24) is 5.48 Å². The van der Waals surface area contributed by atoms with Gasteiger partial charge < -0.3 is 5.73 Å². The summed E-state index contributed by atoms with van der Waals surface area (Å²) >= 11 is 0. The van der Waals surface area contributed by atoms with Gasteiger partial charge in [0.05, 0.1) is 0 Å². The van der Waals surface area contributed by atoms with E-state index in [4.69, 9.17) is 10.9 Å². The Morgan fingerprint density at radius 1 is 1.70 bits per heavy atom. The Labute approximate surface area is 61.1 Å². The molecule has 0 unspecified atom stereocenters. The monoisotopic (exact) mass is 145 g/mol. The van der Waals surface area contributed by atoms with Crippen LogP contribution < -0.4 is 11.2 Å². The summed E-state index contributed by atoms with van der Waals surface area (Å²) < 4.78 is 0. The van der Waals surface area contributed by atoms with Crippen LogP contribution in [-0.2, 0) is 0 Å². The summed E-state index contributed by atoms with van der Waals surface area (Å²) in [5.41, 5.74) is 6.91. The molecule has 4 heteroatoms. The Bertz CT molecular complexity index is 112. The van der Waals surface area contributed by atoms with Gasteiger partial charge in [0.25, 0.3) is 0 Å². The summed E-state index contributed by atoms with van der Waals surface area (Å²) in [5, 5.41) is 8.19. The number of guanidine groups is 1. The highest BCUT2D eigenvalue weighted by Crippen LogP contribution is 1.97. The molecule has 0 heterocycles. The molecule has 0 aromatic carbocycles. The third-order valence-electron chi connectivity index (χ3n) is 1.10. The number of nitrogens with two attached hydrogens (primary N) is 1. The van der Waals surface area contributed by atoms with Gasteiger partial charge in [0, 0.05) is 6.54 Å². The van der Waals surface area contributed by atoms with E-state index in [1.54, 1.807) is 5.48 Å². The van der Waals surface area contributed by atoms with Gasteiger partial charge in [-0.3, -0.25) is 10.2 Å². The zero-order chi connectivity index (χ0) is 7.98. The van der Waals surface area contributed by atoms with Crippen LogP contribution in [0.2, 0.25) is 0 Å². The average molecular weight is 145 g/mol. The normalized spacial score (nSPS) is 12.2. The molecule has 10 heavy (non-hydrogen) atoms. The van der Waals surface area contributed by atoms with E-state index in [-0.39, 0.29) is 5.96 Å². The van der Waals surface area contributed by atoms with Crippen LogP contribution in [0.3, 0.4) is 0 Å². The highest BCUT2D eigenvalue weighted by atomic mass is 16.5. The maximum absolute atomic E-state index is 8.19. The molecule has 0 rings (SSSR count). The second kappa shape index (κ2) is 5.05. The van der Waals surface area contributed by atoms with Gasteiger partial charge in [-0.1, -0.05) is 13.8 Å². The average Bonchev–Trinajstić information content (AvgIpc) is 1.87. The number of hydrogen-bond acceptors (Lipinski definition) is 2. The first-order valence-corrected chi connectivity index (χ1v) is 3.37. The standard InChI is InChI=1S/C6H15N3O/c1-5(2)3-4-8-6(7)9-10/h5,10H,3-4H2,1-2H3,(H3,7,8,9). The number of nitrogens with zero attached hydrogens (tertiary/aromatic N) is 1. The fraction of sp³-hybridized carbons (Fsp3) is 0.833. The molecule has 60 valence electrons. The van der Waals surface area contributed by atoms with Gasteiger partial charge in [-0.15, -0.1) is 0 Å². The summed E-state index contributed by atoms with van der Waals surface area (Å²) in [6.45, 7) is 4.88. The predicted octanol–water partition coefficient (Wildman–Crippen LogP) is 0.326. The van der Waals surface area contributed by atoms with Crippen LogP contribution in [0.15, 0.2) is 4.99 Å². The largest absolute Gasteiger partial charge is 0.368 e. The maximum atomic E-state index is 8.19. The number of hydrogen-bond donors (Lipinski definition) is 3. The van der Waals surface area contributed by atoms with Gasteiger partial charge in [-0.2, -0.15) is 0 Å². The molecule has 0 aromatic rings. The SMILES string of the molecule is CC(C)CCN=C(N)NO. The van der Waals surface area contributed by atoms with Gasteiger partial charge in [-0.05, 0) is 12.3 Å². The van der Waals surface area contributed by atoms with Crippen LogP contribution >= 0.6 is 0 Å². The van der Waals surface area contributed by atoms with Crippen molar-refractivity contribution in [3.05, 3.63) is 0 Å². The van der Waals surface area contributed by atoms with Crippen LogP contribution in [0, 0.1) is 5.92 Å². The van der Waals surface area contributed by atoms with E-state index in [1.165, 1.54) is 0 Å². The lowest BCUT2D eigenvalue weighted by atomic mass is 10.1. The van der Waals surface area contributed by atoms with Crippen LogP contribution in [-0.4, -0.2) is 17.7 Å². The summed E-state index contributed by atoms with van der Waals surface area (Å²) in [6, 6.07) is 0. The Hall–Kier alpha value is -0.770. The quantitative estimate of drug-likeness (QED) is 0.304. The highest BCUT2D eigenvalue weighted by molar-refractivity contribution is 5.76. The third kappa shape index (κ3) is 5.37. The zero-order valence-electron chi connectivity index (χ0n) is 6.46. The molecule has 0 aromatic heterocycles. The molecular weight excluding hydrogens is 130 g/mol. The Kier molecular flexibility index (Phi) is 4.66. The zero-order valence-corrected chi connectivity index (χ0v) is 6.46.